The van der Waals surface area contributed by atoms with Gasteiger partial charge in [0.25, 0.3) is 0 Å². The number of hydrogen-bond acceptors (Lipinski definition) is 14. The summed E-state index contributed by atoms with van der Waals surface area (Å²) < 4.78 is 52.2. The smallest absolute Gasteiger partial charge is 0.387 e. The number of hydrogen-bond donors (Lipinski definition) is 8. The van der Waals surface area contributed by atoms with Crippen molar-refractivity contribution in [2.45, 2.75) is 31.0 Å². The lowest BCUT2D eigenvalue weighted by Gasteiger charge is -2.27. The fraction of sp³-hybridized carbons (Fsp3) is 0.545. The van der Waals surface area contributed by atoms with Crippen molar-refractivity contribution in [2.24, 2.45) is 0 Å². The van der Waals surface area contributed by atoms with Crippen LogP contribution in [0.3, 0.4) is 0 Å². The summed E-state index contributed by atoms with van der Waals surface area (Å²) in [5, 5.41) is 30.3. The van der Waals surface area contributed by atoms with Gasteiger partial charge in [0.2, 0.25) is 0 Å². The molecule has 5 unspecified atom stereocenters. The highest BCUT2D eigenvalue weighted by Gasteiger charge is 2.54. The van der Waals surface area contributed by atoms with Crippen molar-refractivity contribution in [3.05, 3.63) is 12.7 Å². The molecule has 186 valence electrons. The normalized spacial score (nSPS) is 29.6. The second-order valence-electron chi connectivity index (χ2n) is 6.74. The maximum Gasteiger partial charge on any atom is 0.490 e. The molecule has 0 aromatic carbocycles. The lowest BCUT2D eigenvalue weighted by molar-refractivity contribution is -0.0949. The summed E-state index contributed by atoms with van der Waals surface area (Å²) in [7, 11) is -16.8. The van der Waals surface area contributed by atoms with Crippen LogP contribution in [0.4, 0.5) is 5.82 Å². The average Bonchev–Trinajstić information content (AvgIpc) is 3.16. The second kappa shape index (κ2) is 8.99. The summed E-state index contributed by atoms with van der Waals surface area (Å²) >= 11 is 0. The zero-order valence-corrected chi connectivity index (χ0v) is 18.9. The van der Waals surface area contributed by atoms with Crippen LogP contribution in [0, 0.1) is 0 Å². The quantitative estimate of drug-likeness (QED) is 0.140. The standard InChI is InChI=1S/C11H18N5O14P3/c1-11(18)7(17)5(2-27-32(23,24)30-33(25,26)29-31(20,21)22)28-10(11)16-4-14-6-8(15-19)12-3-13-9(6)16/h3-5,7,10,17-19H,2H2,1H3,(H,23,24)(H,25,26)(H,12,13,15)(H2,20,21,22)/t5?,7?,10?,11-/m1/s1. The second-order valence-corrected chi connectivity index (χ2v) is 11.2. The molecular formula is C11H18N5O14P3. The largest absolute Gasteiger partial charge is 0.490 e. The number of rotatable bonds is 9. The van der Waals surface area contributed by atoms with Crippen molar-refractivity contribution in [1.82, 2.24) is 19.5 Å². The minimum atomic E-state index is -5.73. The van der Waals surface area contributed by atoms with Crippen molar-refractivity contribution in [2.75, 3.05) is 12.1 Å². The third kappa shape index (κ3) is 5.82. The van der Waals surface area contributed by atoms with Crippen LogP contribution in [0.15, 0.2) is 12.7 Å². The van der Waals surface area contributed by atoms with Crippen LogP contribution in [0.25, 0.3) is 11.2 Å². The molecule has 0 saturated carbocycles. The van der Waals surface area contributed by atoms with Gasteiger partial charge in [0.05, 0.1) is 12.9 Å². The Bertz CT molecular complexity index is 1170. The van der Waals surface area contributed by atoms with Crippen molar-refractivity contribution in [3.8, 4) is 0 Å². The van der Waals surface area contributed by atoms with E-state index in [4.69, 9.17) is 24.6 Å². The van der Waals surface area contributed by atoms with Gasteiger partial charge in [-0.2, -0.15) is 8.62 Å². The summed E-state index contributed by atoms with van der Waals surface area (Å²) in [6.45, 7) is 0.161. The molecule has 1 saturated heterocycles. The number of nitrogens with zero attached hydrogens (tertiary/aromatic N) is 4. The van der Waals surface area contributed by atoms with E-state index in [9.17, 15) is 28.8 Å². The number of phosphoric acid groups is 3. The Morgan fingerprint density at radius 2 is 1.82 bits per heavy atom. The first-order valence-electron chi connectivity index (χ1n) is 8.48. The van der Waals surface area contributed by atoms with Gasteiger partial charge in [0.1, 0.15) is 24.1 Å². The average molecular weight is 537 g/mol. The molecule has 2 aromatic rings. The van der Waals surface area contributed by atoms with Gasteiger partial charge in [-0.25, -0.2) is 28.6 Å². The first-order chi connectivity index (χ1) is 15.1. The number of aromatic nitrogens is 4. The van der Waals surface area contributed by atoms with E-state index in [1.807, 2.05) is 0 Å². The molecule has 19 nitrogen and oxygen atoms in total. The SMILES string of the molecule is C[C@@]1(O)C(O)C(COP(=O)(O)OP(=O)(O)OP(=O)(O)O)OC1n1cnc2c(NO)ncnc21. The molecule has 8 N–H and O–H groups in total. The van der Waals surface area contributed by atoms with Crippen molar-refractivity contribution in [3.63, 3.8) is 0 Å². The lowest BCUT2D eigenvalue weighted by atomic mass is 9.96. The minimum absolute atomic E-state index is 0.0626. The highest BCUT2D eigenvalue weighted by atomic mass is 31.3. The van der Waals surface area contributed by atoms with E-state index in [-0.39, 0.29) is 17.0 Å². The monoisotopic (exact) mass is 537 g/mol. The van der Waals surface area contributed by atoms with Gasteiger partial charge in [-0.3, -0.25) is 19.8 Å². The molecular weight excluding hydrogens is 519 g/mol. The molecule has 1 fully saturated rings. The van der Waals surface area contributed by atoms with Crippen molar-refractivity contribution in [1.29, 1.82) is 0 Å². The van der Waals surface area contributed by atoms with Crippen LogP contribution in [-0.4, -0.2) is 78.9 Å². The van der Waals surface area contributed by atoms with Gasteiger partial charge in [-0.1, -0.05) is 0 Å². The molecule has 3 heterocycles. The molecule has 0 bridgehead atoms. The molecule has 3 rings (SSSR count). The number of nitrogens with one attached hydrogen (secondary N) is 1. The van der Waals surface area contributed by atoms with Gasteiger partial charge in [0.15, 0.2) is 23.2 Å². The Morgan fingerprint density at radius 1 is 1.15 bits per heavy atom. The van der Waals surface area contributed by atoms with E-state index >= 15 is 0 Å². The van der Waals surface area contributed by atoms with E-state index in [1.165, 1.54) is 4.57 Å². The summed E-state index contributed by atoms with van der Waals surface area (Å²) in [6.07, 6.45) is -2.47. The fourth-order valence-electron chi connectivity index (χ4n) is 2.95. The number of aliphatic hydroxyl groups is 2. The van der Waals surface area contributed by atoms with Crippen LogP contribution in [0.5, 0.6) is 0 Å². The molecule has 33 heavy (non-hydrogen) atoms. The first kappa shape index (κ1) is 26.2. The van der Waals surface area contributed by atoms with Gasteiger partial charge >= 0.3 is 23.5 Å². The zero-order valence-electron chi connectivity index (χ0n) is 16.2. The molecule has 22 heteroatoms. The maximum absolute atomic E-state index is 11.9. The van der Waals surface area contributed by atoms with Crippen molar-refractivity contribution < 1.29 is 66.6 Å². The van der Waals surface area contributed by atoms with Crippen molar-refractivity contribution >= 4 is 40.4 Å². The minimum Gasteiger partial charge on any atom is -0.387 e. The van der Waals surface area contributed by atoms with Crippen LogP contribution in [0.1, 0.15) is 13.2 Å². The van der Waals surface area contributed by atoms with Crippen LogP contribution < -0.4 is 5.48 Å². The fourth-order valence-corrected chi connectivity index (χ4v) is 5.98. The Labute approximate surface area is 183 Å². The van der Waals surface area contributed by atoms with Gasteiger partial charge in [-0.05, 0) is 6.92 Å². The first-order valence-corrected chi connectivity index (χ1v) is 13.0. The van der Waals surface area contributed by atoms with Crippen LogP contribution in [-0.2, 0) is 31.6 Å². The number of phosphoric ester groups is 1. The molecule has 1 aliphatic rings. The molecule has 1 aliphatic heterocycles. The predicted molar refractivity (Wildman–Crippen MR) is 101 cm³/mol. The van der Waals surface area contributed by atoms with Gasteiger partial charge in [-0.15, -0.1) is 0 Å². The maximum atomic E-state index is 11.9. The molecule has 0 spiro atoms. The third-order valence-corrected chi connectivity index (χ3v) is 8.09. The Kier molecular flexibility index (Phi) is 7.14. The molecule has 2 aromatic heterocycles. The Hall–Kier alpha value is -1.40. The summed E-state index contributed by atoms with van der Waals surface area (Å²) in [6, 6.07) is 0. The van der Waals surface area contributed by atoms with E-state index in [1.54, 1.807) is 5.48 Å². The number of anilines is 1. The number of fused-ring (bicyclic) bond motifs is 1. The van der Waals surface area contributed by atoms with Gasteiger partial charge < -0.3 is 34.5 Å². The van der Waals surface area contributed by atoms with Crippen LogP contribution in [0.2, 0.25) is 0 Å². The highest BCUT2D eigenvalue weighted by Crippen LogP contribution is 2.66. The van der Waals surface area contributed by atoms with E-state index in [0.717, 1.165) is 19.6 Å². The number of aliphatic hydroxyl groups excluding tert-OH is 1. The molecule has 0 amide bonds. The number of ether oxygens (including phenoxy) is 1. The zero-order chi connectivity index (χ0) is 24.8. The third-order valence-electron chi connectivity index (χ3n) is 4.29. The van der Waals surface area contributed by atoms with Crippen LogP contribution >= 0.6 is 23.5 Å². The lowest BCUT2D eigenvalue weighted by Crippen LogP contribution is -2.44. The topological polar surface area (TPSA) is 285 Å². The van der Waals surface area contributed by atoms with E-state index < -0.39 is 54.1 Å². The Balaban J connectivity index is 1.76. The van der Waals surface area contributed by atoms with Gasteiger partial charge in [0, 0.05) is 0 Å². The van der Waals surface area contributed by atoms with E-state index in [2.05, 4.69) is 28.1 Å². The molecule has 0 radical (unpaired) electrons. The molecule has 0 aliphatic carbocycles. The van der Waals surface area contributed by atoms with E-state index in [0.29, 0.717) is 0 Å². The Morgan fingerprint density at radius 3 is 2.42 bits per heavy atom. The summed E-state index contributed by atoms with van der Waals surface area (Å²) in [4.78, 5) is 47.4. The summed E-state index contributed by atoms with van der Waals surface area (Å²) in [5.41, 5.74) is -0.116. The summed E-state index contributed by atoms with van der Waals surface area (Å²) in [5.74, 6) is -0.0684. The predicted octanol–water partition coefficient (Wildman–Crippen LogP) is -1.02. The number of imidazole rings is 1. The highest BCUT2D eigenvalue weighted by molar-refractivity contribution is 7.66. The molecule has 6 atom stereocenters.